The Morgan fingerprint density at radius 1 is 1.07 bits per heavy atom. The van der Waals surface area contributed by atoms with Crippen LogP contribution in [0.5, 0.6) is 5.75 Å². The number of aromatic nitrogens is 1. The van der Waals surface area contributed by atoms with Crippen molar-refractivity contribution in [3.63, 3.8) is 0 Å². The second-order valence-electron chi connectivity index (χ2n) is 5.58. The molecule has 0 aliphatic rings. The SMILES string of the molecule is CCOC(=O)C(=CN)c1c(C(=O)OCC)ccn1Cc1ccc(OC)cc1. The van der Waals surface area contributed by atoms with Gasteiger partial charge in [-0.25, -0.2) is 9.59 Å². The Kier molecular flexibility index (Phi) is 7.05. The summed E-state index contributed by atoms with van der Waals surface area (Å²) in [5, 5.41) is 0. The summed E-state index contributed by atoms with van der Waals surface area (Å²) in [6.45, 7) is 4.27. The summed E-state index contributed by atoms with van der Waals surface area (Å²) in [5.74, 6) is -0.377. The van der Waals surface area contributed by atoms with Gasteiger partial charge in [0.1, 0.15) is 5.75 Å². The highest BCUT2D eigenvalue weighted by Crippen LogP contribution is 2.24. The molecule has 2 rings (SSSR count). The van der Waals surface area contributed by atoms with Crippen molar-refractivity contribution in [2.24, 2.45) is 5.73 Å². The molecule has 0 aliphatic heterocycles. The number of carbonyl (C=O) groups excluding carboxylic acids is 2. The van der Waals surface area contributed by atoms with Crippen LogP contribution in [0.3, 0.4) is 0 Å². The van der Waals surface area contributed by atoms with E-state index in [1.165, 1.54) is 0 Å². The molecule has 2 N–H and O–H groups in total. The number of ether oxygens (including phenoxy) is 3. The van der Waals surface area contributed by atoms with E-state index in [0.717, 1.165) is 17.5 Å². The monoisotopic (exact) mass is 372 g/mol. The molecule has 0 amide bonds. The zero-order valence-corrected chi connectivity index (χ0v) is 15.7. The van der Waals surface area contributed by atoms with Crippen LogP contribution >= 0.6 is 0 Å². The number of esters is 2. The van der Waals surface area contributed by atoms with E-state index >= 15 is 0 Å². The van der Waals surface area contributed by atoms with Crippen molar-refractivity contribution in [2.75, 3.05) is 20.3 Å². The van der Waals surface area contributed by atoms with Crippen LogP contribution in [0, 0.1) is 0 Å². The number of hydrogen-bond acceptors (Lipinski definition) is 6. The number of carbonyl (C=O) groups is 2. The molecule has 0 atom stereocenters. The minimum absolute atomic E-state index is 0.110. The molecule has 7 nitrogen and oxygen atoms in total. The van der Waals surface area contributed by atoms with E-state index < -0.39 is 11.9 Å². The zero-order valence-electron chi connectivity index (χ0n) is 15.7. The third-order valence-corrected chi connectivity index (χ3v) is 3.89. The Labute approximate surface area is 158 Å². The van der Waals surface area contributed by atoms with Gasteiger partial charge in [0.05, 0.1) is 37.2 Å². The summed E-state index contributed by atoms with van der Waals surface area (Å²) in [5.41, 5.74) is 7.39. The van der Waals surface area contributed by atoms with Crippen LogP contribution in [0.2, 0.25) is 0 Å². The molecule has 0 saturated carbocycles. The first kappa shape index (κ1) is 20.1. The predicted octanol–water partition coefficient (Wildman–Crippen LogP) is 2.58. The summed E-state index contributed by atoms with van der Waals surface area (Å²) in [7, 11) is 1.60. The molecule has 1 aromatic carbocycles. The van der Waals surface area contributed by atoms with Crippen molar-refractivity contribution >= 4 is 17.5 Å². The van der Waals surface area contributed by atoms with Crippen LogP contribution in [-0.4, -0.2) is 36.8 Å². The van der Waals surface area contributed by atoms with Gasteiger partial charge in [0.25, 0.3) is 0 Å². The Morgan fingerprint density at radius 2 is 1.74 bits per heavy atom. The fourth-order valence-electron chi connectivity index (χ4n) is 2.66. The number of rotatable bonds is 8. The summed E-state index contributed by atoms with van der Waals surface area (Å²) in [4.78, 5) is 24.7. The van der Waals surface area contributed by atoms with Crippen LogP contribution < -0.4 is 10.5 Å². The van der Waals surface area contributed by atoms with Gasteiger partial charge in [-0.15, -0.1) is 0 Å². The Bertz CT molecular complexity index is 821. The second-order valence-corrected chi connectivity index (χ2v) is 5.58. The van der Waals surface area contributed by atoms with Crippen LogP contribution in [0.15, 0.2) is 42.7 Å². The zero-order chi connectivity index (χ0) is 19.8. The molecule has 2 aromatic rings. The fraction of sp³-hybridized carbons (Fsp3) is 0.300. The third-order valence-electron chi connectivity index (χ3n) is 3.89. The van der Waals surface area contributed by atoms with Gasteiger partial charge in [-0.2, -0.15) is 0 Å². The van der Waals surface area contributed by atoms with E-state index in [1.54, 1.807) is 37.8 Å². The van der Waals surface area contributed by atoms with Gasteiger partial charge in [-0.1, -0.05) is 12.1 Å². The van der Waals surface area contributed by atoms with E-state index in [4.69, 9.17) is 19.9 Å². The molecule has 144 valence electrons. The lowest BCUT2D eigenvalue weighted by Gasteiger charge is -2.14. The van der Waals surface area contributed by atoms with Crippen molar-refractivity contribution in [3.05, 3.63) is 59.5 Å². The fourth-order valence-corrected chi connectivity index (χ4v) is 2.66. The van der Waals surface area contributed by atoms with Gasteiger partial charge in [0.2, 0.25) is 0 Å². The second kappa shape index (κ2) is 9.47. The van der Waals surface area contributed by atoms with Gasteiger partial charge >= 0.3 is 11.9 Å². The highest BCUT2D eigenvalue weighted by molar-refractivity contribution is 6.18. The molecule has 0 fully saturated rings. The van der Waals surface area contributed by atoms with Crippen LogP contribution in [0.25, 0.3) is 5.57 Å². The van der Waals surface area contributed by atoms with E-state index in [-0.39, 0.29) is 24.4 Å². The number of methoxy groups -OCH3 is 1. The summed E-state index contributed by atoms with van der Waals surface area (Å²) >= 11 is 0. The number of nitrogens with two attached hydrogens (primary N) is 1. The van der Waals surface area contributed by atoms with Crippen molar-refractivity contribution in [1.82, 2.24) is 4.57 Å². The van der Waals surface area contributed by atoms with Crippen molar-refractivity contribution in [3.8, 4) is 5.75 Å². The molecular formula is C20H24N2O5. The van der Waals surface area contributed by atoms with Crippen molar-refractivity contribution < 1.29 is 23.8 Å². The number of benzene rings is 1. The van der Waals surface area contributed by atoms with Crippen molar-refractivity contribution in [2.45, 2.75) is 20.4 Å². The first-order chi connectivity index (χ1) is 13.0. The van der Waals surface area contributed by atoms with Gasteiger partial charge < -0.3 is 24.5 Å². The highest BCUT2D eigenvalue weighted by Gasteiger charge is 2.25. The smallest absolute Gasteiger partial charge is 0.341 e. The minimum atomic E-state index is -0.597. The van der Waals surface area contributed by atoms with E-state index in [1.807, 2.05) is 24.3 Å². The van der Waals surface area contributed by atoms with Gasteiger partial charge in [-0.05, 0) is 37.6 Å². The van der Waals surface area contributed by atoms with Crippen LogP contribution in [-0.2, 0) is 20.8 Å². The maximum Gasteiger partial charge on any atom is 0.341 e. The van der Waals surface area contributed by atoms with Gasteiger partial charge in [0.15, 0.2) is 0 Å². The standard InChI is InChI=1S/C20H24N2O5/c1-4-26-19(23)16-10-11-22(13-14-6-8-15(25-3)9-7-14)18(16)17(12-21)20(24)27-5-2/h6-12H,4-5,13,21H2,1-3H3. The first-order valence-corrected chi connectivity index (χ1v) is 8.64. The maximum absolute atomic E-state index is 12.3. The Morgan fingerprint density at radius 3 is 2.30 bits per heavy atom. The summed E-state index contributed by atoms with van der Waals surface area (Å²) in [6.07, 6.45) is 2.87. The summed E-state index contributed by atoms with van der Waals surface area (Å²) < 4.78 is 17.1. The Balaban J connectivity index is 2.46. The largest absolute Gasteiger partial charge is 0.497 e. The average molecular weight is 372 g/mol. The molecule has 7 heteroatoms. The molecule has 0 radical (unpaired) electrons. The molecule has 0 spiro atoms. The van der Waals surface area contributed by atoms with Crippen LogP contribution in [0.4, 0.5) is 0 Å². The van der Waals surface area contributed by atoms with E-state index in [2.05, 4.69) is 0 Å². The predicted molar refractivity (Wildman–Crippen MR) is 101 cm³/mol. The first-order valence-electron chi connectivity index (χ1n) is 8.64. The highest BCUT2D eigenvalue weighted by atomic mass is 16.5. The minimum Gasteiger partial charge on any atom is -0.497 e. The third kappa shape index (κ3) is 4.69. The topological polar surface area (TPSA) is 92.8 Å². The lowest BCUT2D eigenvalue weighted by atomic mass is 10.1. The van der Waals surface area contributed by atoms with Crippen LogP contribution in [0.1, 0.15) is 35.5 Å². The molecule has 0 aliphatic carbocycles. The molecular weight excluding hydrogens is 348 g/mol. The lowest BCUT2D eigenvalue weighted by molar-refractivity contribution is -0.136. The van der Waals surface area contributed by atoms with Gasteiger partial charge in [0, 0.05) is 18.9 Å². The molecule has 0 saturated heterocycles. The lowest BCUT2D eigenvalue weighted by Crippen LogP contribution is -2.16. The maximum atomic E-state index is 12.3. The van der Waals surface area contributed by atoms with E-state index in [0.29, 0.717) is 12.2 Å². The average Bonchev–Trinajstić information content (AvgIpc) is 3.07. The molecule has 1 aromatic heterocycles. The molecule has 27 heavy (non-hydrogen) atoms. The van der Waals surface area contributed by atoms with Gasteiger partial charge in [-0.3, -0.25) is 0 Å². The molecule has 0 bridgehead atoms. The number of hydrogen-bond donors (Lipinski definition) is 1. The normalized spacial score (nSPS) is 11.1. The Hall–Kier alpha value is -3.22. The molecule has 1 heterocycles. The van der Waals surface area contributed by atoms with Crippen molar-refractivity contribution in [1.29, 1.82) is 0 Å². The van der Waals surface area contributed by atoms with E-state index in [9.17, 15) is 9.59 Å². The summed E-state index contributed by atoms with van der Waals surface area (Å²) in [6, 6.07) is 9.11. The number of nitrogens with zero attached hydrogens (tertiary/aromatic N) is 1. The quantitative estimate of drug-likeness (QED) is 0.565. The molecule has 0 unspecified atom stereocenters.